The first kappa shape index (κ1) is 11.4. The molecule has 1 aliphatic heterocycles. The molecule has 1 aromatic carbocycles. The summed E-state index contributed by atoms with van der Waals surface area (Å²) in [7, 11) is 0. The topological polar surface area (TPSA) is 58.2 Å². The summed E-state index contributed by atoms with van der Waals surface area (Å²) in [5, 5.41) is 5.47. The van der Waals surface area contributed by atoms with Crippen LogP contribution >= 0.6 is 22.6 Å². The van der Waals surface area contributed by atoms with E-state index in [0.29, 0.717) is 11.3 Å². The molecule has 0 fully saturated rings. The standard InChI is InChI=1S/C11H11IN2O2/c1-11(2)10(16)13-7-5-3-4-6(12)8(7)9(15)14-11/h3-5H,1-2H3,(H,13,16)(H,14,15). The molecule has 0 unspecified atom stereocenters. The van der Waals surface area contributed by atoms with Crippen LogP contribution in [-0.2, 0) is 4.79 Å². The van der Waals surface area contributed by atoms with Crippen molar-refractivity contribution in [1.29, 1.82) is 0 Å². The summed E-state index contributed by atoms with van der Waals surface area (Å²) in [6, 6.07) is 5.38. The van der Waals surface area contributed by atoms with Crippen molar-refractivity contribution < 1.29 is 9.59 Å². The Morgan fingerprint density at radius 2 is 1.94 bits per heavy atom. The number of nitrogens with one attached hydrogen (secondary N) is 2. The van der Waals surface area contributed by atoms with Gasteiger partial charge in [0, 0.05) is 3.57 Å². The van der Waals surface area contributed by atoms with Crippen molar-refractivity contribution in [2.45, 2.75) is 19.4 Å². The Kier molecular flexibility index (Phi) is 2.65. The smallest absolute Gasteiger partial charge is 0.255 e. The first-order valence-corrected chi connectivity index (χ1v) is 5.92. The largest absolute Gasteiger partial charge is 0.338 e. The maximum absolute atomic E-state index is 12.0. The lowest BCUT2D eigenvalue weighted by atomic mass is 10.1. The molecular formula is C11H11IN2O2. The Morgan fingerprint density at radius 3 is 2.62 bits per heavy atom. The average Bonchev–Trinajstić information content (AvgIpc) is 2.23. The van der Waals surface area contributed by atoms with E-state index in [1.54, 1.807) is 19.9 Å². The minimum Gasteiger partial charge on any atom is -0.338 e. The summed E-state index contributed by atoms with van der Waals surface area (Å²) < 4.78 is 0.825. The number of benzene rings is 1. The highest BCUT2D eigenvalue weighted by molar-refractivity contribution is 14.1. The highest BCUT2D eigenvalue weighted by Crippen LogP contribution is 2.25. The number of fused-ring (bicyclic) bond motifs is 1. The average molecular weight is 330 g/mol. The SMILES string of the molecule is CC1(C)NC(=O)c2c(I)cccc2NC1=O. The third-order valence-electron chi connectivity index (χ3n) is 2.48. The molecule has 4 nitrogen and oxygen atoms in total. The van der Waals surface area contributed by atoms with Gasteiger partial charge >= 0.3 is 0 Å². The van der Waals surface area contributed by atoms with Gasteiger partial charge < -0.3 is 10.6 Å². The maximum atomic E-state index is 12.0. The zero-order valence-corrected chi connectivity index (χ0v) is 11.1. The summed E-state index contributed by atoms with van der Waals surface area (Å²) in [5.74, 6) is -0.426. The van der Waals surface area contributed by atoms with E-state index in [0.717, 1.165) is 3.57 Å². The second-order valence-corrected chi connectivity index (χ2v) is 5.36. The van der Waals surface area contributed by atoms with Crippen molar-refractivity contribution in [1.82, 2.24) is 5.32 Å². The van der Waals surface area contributed by atoms with E-state index < -0.39 is 5.54 Å². The van der Waals surface area contributed by atoms with Gasteiger partial charge in [0.05, 0.1) is 11.3 Å². The second-order valence-electron chi connectivity index (χ2n) is 4.20. The van der Waals surface area contributed by atoms with Crippen LogP contribution in [0, 0.1) is 3.57 Å². The van der Waals surface area contributed by atoms with Crippen LogP contribution in [0.4, 0.5) is 5.69 Å². The molecule has 2 rings (SSSR count). The van der Waals surface area contributed by atoms with Crippen LogP contribution in [0.15, 0.2) is 18.2 Å². The van der Waals surface area contributed by atoms with E-state index in [1.807, 2.05) is 12.1 Å². The zero-order chi connectivity index (χ0) is 11.9. The molecule has 5 heteroatoms. The molecular weight excluding hydrogens is 319 g/mol. The first-order valence-electron chi connectivity index (χ1n) is 4.84. The van der Waals surface area contributed by atoms with Gasteiger partial charge in [-0.1, -0.05) is 6.07 Å². The number of halogens is 1. The third kappa shape index (κ3) is 1.79. The Balaban J connectivity index is 2.58. The van der Waals surface area contributed by atoms with E-state index in [2.05, 4.69) is 33.2 Å². The van der Waals surface area contributed by atoms with Gasteiger partial charge in [0.25, 0.3) is 5.91 Å². The number of carbonyl (C=O) groups is 2. The summed E-state index contributed by atoms with van der Waals surface area (Å²) >= 11 is 2.08. The van der Waals surface area contributed by atoms with Crippen molar-refractivity contribution in [2.75, 3.05) is 5.32 Å². The van der Waals surface area contributed by atoms with Crippen molar-refractivity contribution in [3.8, 4) is 0 Å². The van der Waals surface area contributed by atoms with E-state index in [4.69, 9.17) is 0 Å². The molecule has 1 aliphatic rings. The molecule has 0 saturated heterocycles. The third-order valence-corrected chi connectivity index (χ3v) is 3.38. The van der Waals surface area contributed by atoms with E-state index in [-0.39, 0.29) is 11.8 Å². The molecule has 2 amide bonds. The normalized spacial score (nSPS) is 18.2. The summed E-state index contributed by atoms with van der Waals surface area (Å²) in [5.41, 5.74) is 0.209. The number of anilines is 1. The molecule has 16 heavy (non-hydrogen) atoms. The lowest BCUT2D eigenvalue weighted by molar-refractivity contribution is -0.120. The van der Waals surface area contributed by atoms with Crippen LogP contribution in [0.5, 0.6) is 0 Å². The highest BCUT2D eigenvalue weighted by atomic mass is 127. The van der Waals surface area contributed by atoms with Crippen LogP contribution in [0.3, 0.4) is 0 Å². The fourth-order valence-electron chi connectivity index (χ4n) is 1.54. The quantitative estimate of drug-likeness (QED) is 0.712. The number of carbonyl (C=O) groups excluding carboxylic acids is 2. The van der Waals surface area contributed by atoms with Crippen molar-refractivity contribution >= 4 is 40.1 Å². The van der Waals surface area contributed by atoms with Crippen LogP contribution in [0.25, 0.3) is 0 Å². The number of rotatable bonds is 0. The first-order chi connectivity index (χ1) is 7.42. The monoisotopic (exact) mass is 330 g/mol. The van der Waals surface area contributed by atoms with Gasteiger partial charge in [0.15, 0.2) is 0 Å². The predicted octanol–water partition coefficient (Wildman–Crippen LogP) is 1.75. The van der Waals surface area contributed by atoms with E-state index in [1.165, 1.54) is 0 Å². The van der Waals surface area contributed by atoms with E-state index >= 15 is 0 Å². The molecule has 0 saturated carbocycles. The summed E-state index contributed by atoms with van der Waals surface area (Å²) in [4.78, 5) is 23.8. The fraction of sp³-hybridized carbons (Fsp3) is 0.273. The van der Waals surface area contributed by atoms with Gasteiger partial charge in [0.2, 0.25) is 5.91 Å². The summed E-state index contributed by atoms with van der Waals surface area (Å²) in [6.07, 6.45) is 0. The Hall–Kier alpha value is -1.11. The Morgan fingerprint density at radius 1 is 1.25 bits per heavy atom. The molecule has 1 heterocycles. The van der Waals surface area contributed by atoms with Gasteiger partial charge in [-0.2, -0.15) is 0 Å². The molecule has 0 spiro atoms. The molecule has 0 aliphatic carbocycles. The van der Waals surface area contributed by atoms with Crippen molar-refractivity contribution in [3.63, 3.8) is 0 Å². The molecule has 1 aromatic rings. The van der Waals surface area contributed by atoms with Gasteiger partial charge in [-0.25, -0.2) is 0 Å². The number of amides is 2. The van der Waals surface area contributed by atoms with Gasteiger partial charge in [0.1, 0.15) is 5.54 Å². The predicted molar refractivity (Wildman–Crippen MR) is 69.3 cm³/mol. The van der Waals surface area contributed by atoms with Gasteiger partial charge in [-0.05, 0) is 48.6 Å². The fourth-order valence-corrected chi connectivity index (χ4v) is 2.28. The second kappa shape index (κ2) is 3.73. The molecule has 0 bridgehead atoms. The lowest BCUT2D eigenvalue weighted by Crippen LogP contribution is -2.50. The maximum Gasteiger partial charge on any atom is 0.255 e. The van der Waals surface area contributed by atoms with Crippen molar-refractivity contribution in [2.24, 2.45) is 0 Å². The van der Waals surface area contributed by atoms with Crippen LogP contribution in [0.2, 0.25) is 0 Å². The van der Waals surface area contributed by atoms with Crippen molar-refractivity contribution in [3.05, 3.63) is 27.3 Å². The zero-order valence-electron chi connectivity index (χ0n) is 8.93. The minimum atomic E-state index is -0.890. The van der Waals surface area contributed by atoms with Crippen LogP contribution in [0.1, 0.15) is 24.2 Å². The van der Waals surface area contributed by atoms with Crippen LogP contribution < -0.4 is 10.6 Å². The molecule has 0 radical (unpaired) electrons. The Bertz CT molecular complexity index is 483. The number of hydrogen-bond acceptors (Lipinski definition) is 2. The van der Waals surface area contributed by atoms with Gasteiger partial charge in [-0.15, -0.1) is 0 Å². The highest BCUT2D eigenvalue weighted by Gasteiger charge is 2.34. The number of hydrogen-bond donors (Lipinski definition) is 2. The molecule has 0 atom stereocenters. The Labute approximate surface area is 107 Å². The lowest BCUT2D eigenvalue weighted by Gasteiger charge is -2.21. The van der Waals surface area contributed by atoms with Gasteiger partial charge in [-0.3, -0.25) is 9.59 Å². The summed E-state index contributed by atoms with van der Waals surface area (Å²) in [6.45, 7) is 3.36. The molecule has 84 valence electrons. The van der Waals surface area contributed by atoms with Crippen LogP contribution in [-0.4, -0.2) is 17.4 Å². The molecule has 0 aromatic heterocycles. The van der Waals surface area contributed by atoms with E-state index in [9.17, 15) is 9.59 Å². The minimum absolute atomic E-state index is 0.207. The molecule has 2 N–H and O–H groups in total.